The predicted octanol–water partition coefficient (Wildman–Crippen LogP) is 6.61. The van der Waals surface area contributed by atoms with Gasteiger partial charge in [0.05, 0.1) is 20.3 Å². The van der Waals surface area contributed by atoms with E-state index in [0.29, 0.717) is 74.0 Å². The van der Waals surface area contributed by atoms with Crippen LogP contribution in [-0.4, -0.2) is 76.3 Å². The average molecular weight is 771 g/mol. The third-order valence-corrected chi connectivity index (χ3v) is 9.86. The van der Waals surface area contributed by atoms with Gasteiger partial charge in [-0.25, -0.2) is 0 Å². The van der Waals surface area contributed by atoms with Gasteiger partial charge in [-0.2, -0.15) is 29.9 Å². The molecule has 7 rings (SSSR count). The number of allylic oxidation sites excluding steroid dienone is 3. The molecular weight excluding hydrogens is 721 g/mol. The van der Waals surface area contributed by atoms with Crippen molar-refractivity contribution in [2.75, 3.05) is 71.9 Å². The Kier molecular flexibility index (Phi) is 12.1. The molecule has 3 heterocycles. The van der Waals surface area contributed by atoms with Gasteiger partial charge in [0.15, 0.2) is 11.5 Å². The average Bonchev–Trinajstić information content (AvgIpc) is 3.22. The third kappa shape index (κ3) is 9.61. The van der Waals surface area contributed by atoms with Gasteiger partial charge in [0.1, 0.15) is 11.5 Å². The number of aromatic nitrogens is 6. The maximum atomic E-state index is 6.31. The first kappa shape index (κ1) is 38.6. The van der Waals surface area contributed by atoms with E-state index in [2.05, 4.69) is 84.0 Å². The molecule has 1 aliphatic heterocycles. The van der Waals surface area contributed by atoms with Gasteiger partial charge >= 0.3 is 0 Å². The van der Waals surface area contributed by atoms with Gasteiger partial charge in [-0.1, -0.05) is 36.4 Å². The molecule has 1 unspecified atom stereocenters. The number of hydrogen-bond donors (Lipinski definition) is 4. The molecule has 1 saturated heterocycles. The number of benzene rings is 3. The van der Waals surface area contributed by atoms with Crippen LogP contribution in [0.15, 0.2) is 84.7 Å². The zero-order valence-electron chi connectivity index (χ0n) is 33.1. The summed E-state index contributed by atoms with van der Waals surface area (Å²) in [6.45, 7) is 9.08. The number of methoxy groups -OCH3 is 2. The van der Waals surface area contributed by atoms with Gasteiger partial charge < -0.3 is 45.7 Å². The Morgan fingerprint density at radius 1 is 0.772 bits per heavy atom. The van der Waals surface area contributed by atoms with Crippen LogP contribution < -0.4 is 45.7 Å². The fourth-order valence-electron chi connectivity index (χ4n) is 6.89. The first-order valence-electron chi connectivity index (χ1n) is 19.2. The van der Waals surface area contributed by atoms with Gasteiger partial charge in [-0.05, 0) is 105 Å². The van der Waals surface area contributed by atoms with Crippen LogP contribution in [0.25, 0.3) is 0 Å². The van der Waals surface area contributed by atoms with Crippen LogP contribution in [0.3, 0.4) is 0 Å². The van der Waals surface area contributed by atoms with E-state index in [1.807, 2.05) is 56.3 Å². The van der Waals surface area contributed by atoms with Crippen LogP contribution in [0.5, 0.6) is 17.2 Å². The number of rotatable bonds is 15. The van der Waals surface area contributed by atoms with Crippen molar-refractivity contribution >= 4 is 41.4 Å². The van der Waals surface area contributed by atoms with E-state index < -0.39 is 0 Å². The lowest BCUT2D eigenvalue weighted by Gasteiger charge is -2.41. The number of piperazine rings is 1. The Labute approximate surface area is 333 Å². The highest BCUT2D eigenvalue weighted by atomic mass is 16.5. The zero-order chi connectivity index (χ0) is 39.7. The highest BCUT2D eigenvalue weighted by Crippen LogP contribution is 2.30. The predicted molar refractivity (Wildman–Crippen MR) is 225 cm³/mol. The fraction of sp³-hybridized carbons (Fsp3) is 0.333. The summed E-state index contributed by atoms with van der Waals surface area (Å²) in [6, 6.07) is 20.1. The van der Waals surface area contributed by atoms with E-state index in [0.717, 1.165) is 47.6 Å². The number of nitrogens with two attached hydrogens (primary N) is 1. The number of nitrogen functional groups attached to an aromatic ring is 1. The highest BCUT2D eigenvalue weighted by Gasteiger charge is 2.32. The van der Waals surface area contributed by atoms with Crippen LogP contribution in [-0.2, 0) is 13.0 Å². The van der Waals surface area contributed by atoms with Gasteiger partial charge in [0.2, 0.25) is 35.7 Å². The number of aryl methyl sites for hydroxylation is 2. The van der Waals surface area contributed by atoms with E-state index in [1.165, 1.54) is 11.1 Å². The molecule has 0 bridgehead atoms. The quantitative estimate of drug-likeness (QED) is 0.0895. The van der Waals surface area contributed by atoms with E-state index >= 15 is 0 Å². The normalized spacial score (nSPS) is 15.2. The zero-order valence-corrected chi connectivity index (χ0v) is 33.1. The summed E-state index contributed by atoms with van der Waals surface area (Å²) in [4.78, 5) is 32.8. The molecule has 1 aliphatic carbocycles. The van der Waals surface area contributed by atoms with Gasteiger partial charge in [0.25, 0.3) is 0 Å². The molecule has 5 N–H and O–H groups in total. The minimum atomic E-state index is -0.0471. The molecule has 2 aliphatic rings. The van der Waals surface area contributed by atoms with E-state index in [9.17, 15) is 0 Å². The van der Waals surface area contributed by atoms with E-state index in [-0.39, 0.29) is 12.0 Å². The van der Waals surface area contributed by atoms with Crippen molar-refractivity contribution in [1.29, 1.82) is 0 Å². The monoisotopic (exact) mass is 770 g/mol. The SMILES string of the molecule is CCNc1nc(NCc2ccc(OC)c(OC)c2)nc(N2CCN(c3nc(N)nc(Nc4ccc(OC5=CCCC=C5)c(C)c4)n3)CC2Cc2ccccc2C)n1. The fourth-order valence-corrected chi connectivity index (χ4v) is 6.89. The van der Waals surface area contributed by atoms with Crippen LogP contribution in [0.2, 0.25) is 0 Å². The lowest BCUT2D eigenvalue weighted by atomic mass is 9.98. The Balaban J connectivity index is 1.12. The Morgan fingerprint density at radius 3 is 2.32 bits per heavy atom. The second-order valence-electron chi connectivity index (χ2n) is 13.9. The summed E-state index contributed by atoms with van der Waals surface area (Å²) in [6.07, 6.45) is 9.00. The number of ether oxygens (including phenoxy) is 3. The Morgan fingerprint density at radius 2 is 1.56 bits per heavy atom. The molecule has 3 aromatic carbocycles. The molecular formula is C42H50N12O3. The molecule has 1 atom stereocenters. The topological polar surface area (TPSA) is 174 Å². The van der Waals surface area contributed by atoms with Gasteiger partial charge in [-0.3, -0.25) is 0 Å². The molecule has 296 valence electrons. The van der Waals surface area contributed by atoms with E-state index in [4.69, 9.17) is 34.9 Å². The standard InChI is InChI=1S/C42H50N12O3/c1-6-44-38-49-39(45-25-29-16-18-35(55-4)36(23-29)56-5)51-42(50-38)54-21-20-53(26-32(54)24-30-13-11-10-12-27(30)2)41-48-37(43)47-40(52-41)46-31-17-19-34(28(3)22-31)57-33-14-8-7-9-15-33/h8,10-19,22-23,32H,6-7,9,20-21,24-26H2,1-5H3,(H3,43,46,47,48,52)(H2,44,45,49,50,51). The van der Waals surface area contributed by atoms with E-state index in [1.54, 1.807) is 14.2 Å². The van der Waals surface area contributed by atoms with Crippen molar-refractivity contribution in [1.82, 2.24) is 29.9 Å². The number of nitrogens with one attached hydrogen (secondary N) is 3. The van der Waals surface area contributed by atoms with Crippen molar-refractivity contribution in [3.63, 3.8) is 0 Å². The first-order chi connectivity index (χ1) is 27.8. The maximum Gasteiger partial charge on any atom is 0.233 e. The Bertz CT molecular complexity index is 2250. The molecule has 5 aromatic rings. The van der Waals surface area contributed by atoms with Crippen molar-refractivity contribution in [3.05, 3.63) is 107 Å². The molecule has 0 saturated carbocycles. The smallest absolute Gasteiger partial charge is 0.233 e. The summed E-state index contributed by atoms with van der Waals surface area (Å²) in [5.74, 6) is 5.49. The van der Waals surface area contributed by atoms with Crippen molar-refractivity contribution in [2.24, 2.45) is 0 Å². The summed E-state index contributed by atoms with van der Waals surface area (Å²) in [5.41, 5.74) is 11.5. The molecule has 2 aromatic heterocycles. The molecule has 0 amide bonds. The van der Waals surface area contributed by atoms with Crippen LogP contribution in [0, 0.1) is 13.8 Å². The summed E-state index contributed by atoms with van der Waals surface area (Å²) in [7, 11) is 3.25. The lowest BCUT2D eigenvalue weighted by Crippen LogP contribution is -2.55. The molecule has 1 fully saturated rings. The summed E-state index contributed by atoms with van der Waals surface area (Å²) >= 11 is 0. The molecule has 15 heteroatoms. The molecule has 57 heavy (non-hydrogen) atoms. The van der Waals surface area contributed by atoms with Gasteiger partial charge in [0, 0.05) is 38.4 Å². The van der Waals surface area contributed by atoms with Crippen molar-refractivity contribution < 1.29 is 14.2 Å². The molecule has 0 spiro atoms. The largest absolute Gasteiger partial charge is 0.493 e. The maximum absolute atomic E-state index is 6.31. The third-order valence-electron chi connectivity index (χ3n) is 9.86. The van der Waals surface area contributed by atoms with Crippen LogP contribution in [0.1, 0.15) is 42.0 Å². The molecule has 15 nitrogen and oxygen atoms in total. The Hall–Kier alpha value is -6.64. The first-order valence-corrected chi connectivity index (χ1v) is 19.2. The minimum Gasteiger partial charge on any atom is -0.493 e. The number of anilines is 7. The number of hydrogen-bond acceptors (Lipinski definition) is 15. The summed E-state index contributed by atoms with van der Waals surface area (Å²) < 4.78 is 17.1. The second-order valence-corrected chi connectivity index (χ2v) is 13.9. The second kappa shape index (κ2) is 17.9. The summed E-state index contributed by atoms with van der Waals surface area (Å²) in [5, 5.41) is 10.0. The molecule has 0 radical (unpaired) electrons. The lowest BCUT2D eigenvalue weighted by molar-refractivity contribution is 0.354. The minimum absolute atomic E-state index is 0.0471. The van der Waals surface area contributed by atoms with Crippen LogP contribution >= 0.6 is 0 Å². The number of nitrogens with zero attached hydrogens (tertiary/aromatic N) is 8. The van der Waals surface area contributed by atoms with Gasteiger partial charge in [-0.15, -0.1) is 0 Å². The van der Waals surface area contributed by atoms with Crippen LogP contribution in [0.4, 0.5) is 41.4 Å². The van der Waals surface area contributed by atoms with Crippen molar-refractivity contribution in [3.8, 4) is 17.2 Å². The van der Waals surface area contributed by atoms with Crippen molar-refractivity contribution in [2.45, 2.75) is 52.6 Å². The highest BCUT2D eigenvalue weighted by molar-refractivity contribution is 5.59.